The number of ether oxygens (including phenoxy) is 2. The van der Waals surface area contributed by atoms with Gasteiger partial charge in [-0.1, -0.05) is 12.1 Å². The summed E-state index contributed by atoms with van der Waals surface area (Å²) >= 11 is 0. The first-order valence-corrected chi connectivity index (χ1v) is 12.8. The van der Waals surface area contributed by atoms with Gasteiger partial charge < -0.3 is 19.9 Å². The minimum Gasteiger partial charge on any atom is -0.478 e. The quantitative estimate of drug-likeness (QED) is 0.149. The zero-order valence-electron chi connectivity index (χ0n) is 23.6. The fraction of sp³-hybridized carbons (Fsp3) is 0.172. The summed E-state index contributed by atoms with van der Waals surface area (Å²) in [4.78, 5) is 74.4. The Bertz CT molecular complexity index is 1690. The van der Waals surface area contributed by atoms with Crippen LogP contribution in [0.3, 0.4) is 0 Å². The molecule has 0 aliphatic carbocycles. The van der Waals surface area contributed by atoms with Crippen molar-refractivity contribution in [1.82, 2.24) is 10.9 Å². The van der Waals surface area contributed by atoms with Crippen LogP contribution in [0.4, 0.5) is 32.0 Å². The van der Waals surface area contributed by atoms with Crippen LogP contribution in [-0.2, 0) is 36.2 Å². The van der Waals surface area contributed by atoms with Crippen LogP contribution >= 0.6 is 0 Å². The monoisotopic (exact) mass is 669 g/mol. The van der Waals surface area contributed by atoms with Crippen molar-refractivity contribution >= 4 is 41.3 Å². The van der Waals surface area contributed by atoms with Crippen molar-refractivity contribution in [2.45, 2.75) is 31.5 Å². The van der Waals surface area contributed by atoms with Gasteiger partial charge in [0.1, 0.15) is 0 Å². The molecule has 0 bridgehead atoms. The second kappa shape index (κ2) is 14.4. The second-order valence-electron chi connectivity index (χ2n) is 9.35. The van der Waals surface area contributed by atoms with E-state index >= 15 is 0 Å². The SMILES string of the molecule is CC(=O)Nc1ccc(C(=O)NNC(=O)[C@H](OC(=O)c2cccc(C(F)(F)F)c2)[C@@H](OC(=O)c2cccc(C(F)(F)F)c2)C(=O)O)cc1. The third kappa shape index (κ3) is 9.77. The number of carboxylic acids is 1. The van der Waals surface area contributed by atoms with Crippen molar-refractivity contribution in [2.75, 3.05) is 5.32 Å². The van der Waals surface area contributed by atoms with Crippen LogP contribution in [0, 0.1) is 0 Å². The molecule has 0 aliphatic rings. The van der Waals surface area contributed by atoms with Crippen LogP contribution in [0.5, 0.6) is 0 Å². The summed E-state index contributed by atoms with van der Waals surface area (Å²) in [5.74, 6) is -8.75. The summed E-state index contributed by atoms with van der Waals surface area (Å²) in [6, 6.07) is 10.1. The summed E-state index contributed by atoms with van der Waals surface area (Å²) < 4.78 is 88.5. The van der Waals surface area contributed by atoms with Crippen molar-refractivity contribution in [2.24, 2.45) is 0 Å². The number of esters is 2. The number of hydrogen-bond acceptors (Lipinski definition) is 8. The summed E-state index contributed by atoms with van der Waals surface area (Å²) in [5.41, 5.74) is -0.535. The molecule has 0 aromatic heterocycles. The molecule has 0 unspecified atom stereocenters. The number of aliphatic carboxylic acids is 1. The smallest absolute Gasteiger partial charge is 0.416 e. The third-order valence-corrected chi connectivity index (χ3v) is 5.86. The fourth-order valence-electron chi connectivity index (χ4n) is 3.68. The molecule has 248 valence electrons. The molecule has 0 aliphatic heterocycles. The van der Waals surface area contributed by atoms with Gasteiger partial charge in [-0.25, -0.2) is 14.4 Å². The third-order valence-electron chi connectivity index (χ3n) is 5.86. The molecule has 3 aromatic carbocycles. The average molecular weight is 669 g/mol. The van der Waals surface area contributed by atoms with Crippen LogP contribution in [0.25, 0.3) is 0 Å². The Morgan fingerprint density at radius 1 is 0.660 bits per heavy atom. The maximum atomic E-state index is 13.2. The number of rotatable bonds is 9. The van der Waals surface area contributed by atoms with E-state index < -0.39 is 82.4 Å². The van der Waals surface area contributed by atoms with Crippen molar-refractivity contribution in [3.8, 4) is 0 Å². The second-order valence-corrected chi connectivity index (χ2v) is 9.35. The Labute approximate surface area is 259 Å². The Kier molecular flexibility index (Phi) is 10.9. The number of halogens is 6. The number of carbonyl (C=O) groups excluding carboxylic acids is 5. The molecule has 0 fully saturated rings. The number of hydrazine groups is 1. The predicted molar refractivity (Wildman–Crippen MR) is 145 cm³/mol. The molecule has 3 aromatic rings. The van der Waals surface area contributed by atoms with Gasteiger partial charge in [-0.2, -0.15) is 26.3 Å². The van der Waals surface area contributed by atoms with Gasteiger partial charge in [0.2, 0.25) is 18.1 Å². The zero-order chi connectivity index (χ0) is 35.1. The summed E-state index contributed by atoms with van der Waals surface area (Å²) in [7, 11) is 0. The Morgan fingerprint density at radius 3 is 1.55 bits per heavy atom. The number of nitrogens with one attached hydrogen (secondary N) is 3. The van der Waals surface area contributed by atoms with Gasteiger partial charge in [-0.05, 0) is 60.7 Å². The molecule has 0 spiro atoms. The molecule has 18 heteroatoms. The Hall–Kier alpha value is -5.94. The summed E-state index contributed by atoms with van der Waals surface area (Å²) in [6.07, 6.45) is -15.4. The van der Waals surface area contributed by atoms with Crippen LogP contribution in [0.15, 0.2) is 72.8 Å². The Morgan fingerprint density at radius 2 is 1.13 bits per heavy atom. The molecular formula is C29H21F6N3O9. The number of anilines is 1. The fourth-order valence-corrected chi connectivity index (χ4v) is 3.68. The Balaban J connectivity index is 1.90. The normalized spacial score (nSPS) is 12.6. The first-order valence-electron chi connectivity index (χ1n) is 12.8. The molecule has 47 heavy (non-hydrogen) atoms. The topological polar surface area (TPSA) is 177 Å². The number of carbonyl (C=O) groups is 6. The molecule has 4 N–H and O–H groups in total. The van der Waals surface area contributed by atoms with Gasteiger partial charge >= 0.3 is 30.3 Å². The van der Waals surface area contributed by atoms with E-state index in [4.69, 9.17) is 9.47 Å². The van der Waals surface area contributed by atoms with E-state index in [1.54, 1.807) is 5.43 Å². The first-order chi connectivity index (χ1) is 21.9. The van der Waals surface area contributed by atoms with Crippen molar-refractivity contribution in [1.29, 1.82) is 0 Å². The van der Waals surface area contributed by atoms with E-state index in [1.165, 1.54) is 31.2 Å². The lowest BCUT2D eigenvalue weighted by molar-refractivity contribution is -0.159. The molecule has 0 saturated carbocycles. The number of alkyl halides is 6. The van der Waals surface area contributed by atoms with Crippen molar-refractivity contribution < 1.29 is 69.7 Å². The maximum absolute atomic E-state index is 13.2. The first kappa shape index (κ1) is 35.5. The van der Waals surface area contributed by atoms with E-state index in [0.717, 1.165) is 24.3 Å². The molecule has 0 heterocycles. The zero-order valence-corrected chi connectivity index (χ0v) is 23.6. The number of carboxylic acid groups (broad SMARTS) is 1. The minimum absolute atomic E-state index is 0.123. The number of hydrogen-bond donors (Lipinski definition) is 4. The molecular weight excluding hydrogens is 648 g/mol. The summed E-state index contributed by atoms with van der Waals surface area (Å²) in [6.45, 7) is 1.23. The molecule has 12 nitrogen and oxygen atoms in total. The summed E-state index contributed by atoms with van der Waals surface area (Å²) in [5, 5.41) is 12.2. The van der Waals surface area contributed by atoms with Gasteiger partial charge in [0.25, 0.3) is 11.8 Å². The van der Waals surface area contributed by atoms with E-state index in [2.05, 4.69) is 5.32 Å². The van der Waals surface area contributed by atoms with E-state index in [9.17, 15) is 60.2 Å². The number of amides is 3. The minimum atomic E-state index is -4.93. The van der Waals surface area contributed by atoms with Crippen LogP contribution < -0.4 is 16.2 Å². The van der Waals surface area contributed by atoms with Crippen molar-refractivity contribution in [3.63, 3.8) is 0 Å². The highest BCUT2D eigenvalue weighted by molar-refractivity contribution is 5.99. The van der Waals surface area contributed by atoms with Gasteiger partial charge in [0.15, 0.2) is 0 Å². The highest BCUT2D eigenvalue weighted by Gasteiger charge is 2.42. The standard InChI is InChI=1S/C29H21F6N3O9/c1-14(39)36-20-10-8-15(9-11-20)23(40)37-38-24(41)21(46-26(44)16-4-2-6-18(12-16)28(30,31)32)22(25(42)43)47-27(45)17-5-3-7-19(13-17)29(33,34)35/h2-13,21-22H,1H3,(H,36,39)(H,37,40)(H,38,41)(H,42,43)/t21-,22-/m1/s1. The highest BCUT2D eigenvalue weighted by Crippen LogP contribution is 2.31. The van der Waals surface area contributed by atoms with Crippen molar-refractivity contribution in [3.05, 3.63) is 101 Å². The van der Waals surface area contributed by atoms with Gasteiger partial charge in [-0.3, -0.25) is 25.2 Å². The number of benzene rings is 3. The van der Waals surface area contributed by atoms with Crippen LogP contribution in [0.2, 0.25) is 0 Å². The van der Waals surface area contributed by atoms with Crippen LogP contribution in [-0.4, -0.2) is 52.9 Å². The average Bonchev–Trinajstić information content (AvgIpc) is 3.00. The largest absolute Gasteiger partial charge is 0.478 e. The van der Waals surface area contributed by atoms with E-state index in [0.29, 0.717) is 30.0 Å². The van der Waals surface area contributed by atoms with E-state index in [-0.39, 0.29) is 5.56 Å². The lowest BCUT2D eigenvalue weighted by atomic mass is 10.1. The molecule has 3 amide bonds. The lowest BCUT2D eigenvalue weighted by Crippen LogP contribution is -2.54. The predicted octanol–water partition coefficient (Wildman–Crippen LogP) is 3.98. The lowest BCUT2D eigenvalue weighted by Gasteiger charge is -2.24. The van der Waals surface area contributed by atoms with Gasteiger partial charge in [0.05, 0.1) is 22.3 Å². The maximum Gasteiger partial charge on any atom is 0.416 e. The highest BCUT2D eigenvalue weighted by atomic mass is 19.4. The molecule has 0 radical (unpaired) electrons. The molecule has 2 atom stereocenters. The van der Waals surface area contributed by atoms with E-state index in [1.807, 2.05) is 5.43 Å². The van der Waals surface area contributed by atoms with Gasteiger partial charge in [-0.15, -0.1) is 0 Å². The van der Waals surface area contributed by atoms with Gasteiger partial charge in [0, 0.05) is 18.2 Å². The molecule has 3 rings (SSSR count). The van der Waals surface area contributed by atoms with Crippen LogP contribution in [0.1, 0.15) is 49.1 Å². The molecule has 0 saturated heterocycles.